The predicted molar refractivity (Wildman–Crippen MR) is 130 cm³/mol. The number of phenolic OH excluding ortho intramolecular Hbond substituents is 1. The summed E-state index contributed by atoms with van der Waals surface area (Å²) in [6.07, 6.45) is 9.22. The lowest BCUT2D eigenvalue weighted by Crippen LogP contribution is -2.35. The minimum atomic E-state index is -0.232. The zero-order valence-electron chi connectivity index (χ0n) is 19.1. The fourth-order valence-electron chi connectivity index (χ4n) is 4.93. The molecule has 1 saturated heterocycles. The Kier molecular flexibility index (Phi) is 5.44. The van der Waals surface area contributed by atoms with Gasteiger partial charge in [-0.05, 0) is 48.9 Å². The number of carbonyl (C=O) groups is 1. The molecule has 4 aromatic rings. The van der Waals surface area contributed by atoms with Gasteiger partial charge in [-0.2, -0.15) is 0 Å². The second kappa shape index (κ2) is 8.90. The largest absolute Gasteiger partial charge is 0.508 e. The lowest BCUT2D eigenvalue weighted by molar-refractivity contribution is -0.139. The fourth-order valence-corrected chi connectivity index (χ4v) is 4.93. The summed E-state index contributed by atoms with van der Waals surface area (Å²) >= 11 is 0. The standard InChI is InChI=1S/C26H25N5O4/c32-20-7-6-17-3-1-5-22(21(17)13-20)35-14-19-4-2-10-31(19)25-23-24(27-15-28-25)30(16-29-23)11-8-18-9-12-34-26(18)33/h1,3,5-7,9,12-13,15-16,18-19,32H,2,4,8,10-11,14H2. The van der Waals surface area contributed by atoms with Crippen LogP contribution in [-0.2, 0) is 16.1 Å². The number of esters is 1. The van der Waals surface area contributed by atoms with Crippen LogP contribution in [0.3, 0.4) is 0 Å². The quantitative estimate of drug-likeness (QED) is 0.406. The molecule has 0 spiro atoms. The maximum atomic E-state index is 11.7. The first-order valence-corrected chi connectivity index (χ1v) is 11.8. The van der Waals surface area contributed by atoms with Crippen LogP contribution in [0.4, 0.5) is 5.82 Å². The van der Waals surface area contributed by atoms with Crippen LogP contribution in [0.2, 0.25) is 0 Å². The Morgan fingerprint density at radius 3 is 3.00 bits per heavy atom. The Morgan fingerprint density at radius 2 is 2.11 bits per heavy atom. The Hall–Kier alpha value is -4.14. The van der Waals surface area contributed by atoms with E-state index >= 15 is 0 Å². The van der Waals surface area contributed by atoms with Gasteiger partial charge in [0.2, 0.25) is 0 Å². The van der Waals surface area contributed by atoms with Crippen LogP contribution in [-0.4, -0.2) is 49.8 Å². The molecule has 0 radical (unpaired) electrons. The molecule has 1 N–H and O–H groups in total. The number of cyclic esters (lactones) is 1. The normalized spacial score (nSPS) is 19.7. The smallest absolute Gasteiger partial charge is 0.317 e. The maximum Gasteiger partial charge on any atom is 0.317 e. The van der Waals surface area contributed by atoms with Gasteiger partial charge in [0.1, 0.15) is 24.4 Å². The molecule has 0 bridgehead atoms. The number of aryl methyl sites for hydroxylation is 1. The summed E-state index contributed by atoms with van der Waals surface area (Å²) in [5.41, 5.74) is 1.50. The second-order valence-electron chi connectivity index (χ2n) is 8.93. The summed E-state index contributed by atoms with van der Waals surface area (Å²) in [6, 6.07) is 11.3. The number of aromatic hydroxyl groups is 1. The molecule has 35 heavy (non-hydrogen) atoms. The molecule has 9 nitrogen and oxygen atoms in total. The number of imidazole rings is 1. The molecule has 0 aliphatic carbocycles. The van der Waals surface area contributed by atoms with Gasteiger partial charge in [-0.15, -0.1) is 0 Å². The fraction of sp³-hybridized carbons (Fsp3) is 0.308. The third-order valence-corrected chi connectivity index (χ3v) is 6.77. The van der Waals surface area contributed by atoms with E-state index in [1.807, 2.05) is 28.8 Å². The van der Waals surface area contributed by atoms with Crippen molar-refractivity contribution in [1.82, 2.24) is 19.5 Å². The number of aromatic nitrogens is 4. The van der Waals surface area contributed by atoms with Gasteiger partial charge in [0.15, 0.2) is 17.0 Å². The van der Waals surface area contributed by atoms with E-state index in [2.05, 4.69) is 19.9 Å². The van der Waals surface area contributed by atoms with Crippen LogP contribution in [0.5, 0.6) is 11.5 Å². The number of benzene rings is 2. The summed E-state index contributed by atoms with van der Waals surface area (Å²) in [6.45, 7) is 1.97. The molecular formula is C26H25N5O4. The molecule has 1 fully saturated rings. The number of carbonyl (C=O) groups excluding carboxylic acids is 1. The van der Waals surface area contributed by atoms with Crippen molar-refractivity contribution in [1.29, 1.82) is 0 Å². The zero-order chi connectivity index (χ0) is 23.8. The highest BCUT2D eigenvalue weighted by molar-refractivity contribution is 5.89. The number of hydrogen-bond donors (Lipinski definition) is 1. The average Bonchev–Trinajstić information content (AvgIpc) is 3.61. The van der Waals surface area contributed by atoms with E-state index in [0.29, 0.717) is 19.6 Å². The summed E-state index contributed by atoms with van der Waals surface area (Å²) in [5, 5.41) is 11.8. The predicted octanol–water partition coefficient (Wildman–Crippen LogP) is 3.81. The Balaban J connectivity index is 1.21. The van der Waals surface area contributed by atoms with Crippen molar-refractivity contribution in [3.63, 3.8) is 0 Å². The second-order valence-corrected chi connectivity index (χ2v) is 8.93. The van der Waals surface area contributed by atoms with Crippen molar-refractivity contribution >= 4 is 33.7 Å². The molecular weight excluding hydrogens is 446 g/mol. The van der Waals surface area contributed by atoms with Crippen LogP contribution in [0, 0.1) is 5.92 Å². The molecule has 9 heteroatoms. The van der Waals surface area contributed by atoms with Gasteiger partial charge in [-0.3, -0.25) is 4.79 Å². The highest BCUT2D eigenvalue weighted by atomic mass is 16.5. The van der Waals surface area contributed by atoms with Gasteiger partial charge in [-0.25, -0.2) is 15.0 Å². The van der Waals surface area contributed by atoms with Gasteiger partial charge in [0, 0.05) is 18.5 Å². The van der Waals surface area contributed by atoms with Crippen molar-refractivity contribution < 1.29 is 19.4 Å². The van der Waals surface area contributed by atoms with E-state index in [1.54, 1.807) is 30.9 Å². The van der Waals surface area contributed by atoms with Gasteiger partial charge in [0.05, 0.1) is 24.5 Å². The number of ether oxygens (including phenoxy) is 2. The molecule has 0 amide bonds. The number of fused-ring (bicyclic) bond motifs is 2. The monoisotopic (exact) mass is 471 g/mol. The molecule has 2 aromatic carbocycles. The van der Waals surface area contributed by atoms with Gasteiger partial charge in [0.25, 0.3) is 0 Å². The van der Waals surface area contributed by atoms with Crippen LogP contribution in [0.25, 0.3) is 21.9 Å². The SMILES string of the molecule is O=C1OC=CC1CCn1cnc2c(N3CCCC3COc3cccc4ccc(O)cc34)ncnc21. The Labute approximate surface area is 201 Å². The van der Waals surface area contributed by atoms with Crippen molar-refractivity contribution in [2.45, 2.75) is 31.8 Å². The van der Waals surface area contributed by atoms with E-state index in [4.69, 9.17) is 9.47 Å². The minimum absolute atomic E-state index is 0.143. The summed E-state index contributed by atoms with van der Waals surface area (Å²) in [7, 11) is 0. The first-order chi connectivity index (χ1) is 17.2. The lowest BCUT2D eigenvalue weighted by atomic mass is 10.1. The molecule has 178 valence electrons. The molecule has 2 aromatic heterocycles. The lowest BCUT2D eigenvalue weighted by Gasteiger charge is -2.26. The third-order valence-electron chi connectivity index (χ3n) is 6.77. The topological polar surface area (TPSA) is 103 Å². The van der Waals surface area contributed by atoms with Gasteiger partial charge >= 0.3 is 5.97 Å². The minimum Gasteiger partial charge on any atom is -0.508 e. The number of phenols is 1. The molecule has 2 unspecified atom stereocenters. The van der Waals surface area contributed by atoms with Crippen LogP contribution in [0.1, 0.15) is 19.3 Å². The number of anilines is 1. The Morgan fingerprint density at radius 1 is 1.17 bits per heavy atom. The van der Waals surface area contributed by atoms with E-state index in [1.165, 1.54) is 6.26 Å². The average molecular weight is 472 g/mol. The van der Waals surface area contributed by atoms with Gasteiger partial charge < -0.3 is 24.0 Å². The highest BCUT2D eigenvalue weighted by Crippen LogP contribution is 2.32. The van der Waals surface area contributed by atoms with Crippen molar-refractivity contribution in [2.75, 3.05) is 18.1 Å². The summed E-state index contributed by atoms with van der Waals surface area (Å²) in [4.78, 5) is 27.7. The number of hydrogen-bond acceptors (Lipinski definition) is 8. The molecule has 4 heterocycles. The van der Waals surface area contributed by atoms with Crippen molar-refractivity contribution in [3.05, 3.63) is 61.4 Å². The highest BCUT2D eigenvalue weighted by Gasteiger charge is 2.29. The van der Waals surface area contributed by atoms with E-state index in [-0.39, 0.29) is 23.7 Å². The summed E-state index contributed by atoms with van der Waals surface area (Å²) < 4.78 is 13.1. The first kappa shape index (κ1) is 21.4. The van der Waals surface area contributed by atoms with Gasteiger partial charge in [-0.1, -0.05) is 18.2 Å². The molecule has 6 rings (SSSR count). The Bertz CT molecular complexity index is 1430. The molecule has 2 atom stereocenters. The van der Waals surface area contributed by atoms with Crippen molar-refractivity contribution in [3.8, 4) is 11.5 Å². The third kappa shape index (κ3) is 4.03. The van der Waals surface area contributed by atoms with Crippen LogP contribution < -0.4 is 9.64 Å². The van der Waals surface area contributed by atoms with E-state index in [0.717, 1.165) is 52.9 Å². The van der Waals surface area contributed by atoms with E-state index < -0.39 is 0 Å². The maximum absolute atomic E-state index is 11.7. The van der Waals surface area contributed by atoms with E-state index in [9.17, 15) is 9.90 Å². The summed E-state index contributed by atoms with van der Waals surface area (Å²) in [5.74, 6) is 1.32. The van der Waals surface area contributed by atoms with Crippen LogP contribution in [0.15, 0.2) is 61.4 Å². The van der Waals surface area contributed by atoms with Crippen molar-refractivity contribution in [2.24, 2.45) is 5.92 Å². The first-order valence-electron chi connectivity index (χ1n) is 11.8. The molecule has 2 aliphatic heterocycles. The zero-order valence-corrected chi connectivity index (χ0v) is 19.1. The molecule has 2 aliphatic rings. The number of rotatable bonds is 7. The molecule has 0 saturated carbocycles. The van der Waals surface area contributed by atoms with Crippen LogP contribution >= 0.6 is 0 Å². The number of nitrogens with zero attached hydrogens (tertiary/aromatic N) is 5.